The summed E-state index contributed by atoms with van der Waals surface area (Å²) >= 11 is 0. The highest BCUT2D eigenvalue weighted by Crippen LogP contribution is 2.24. The largest absolute Gasteiger partial charge is 0.366 e. The molecule has 4 aromatic heterocycles. The molecule has 0 bridgehead atoms. The normalized spacial score (nSPS) is 11.2. The molecule has 0 saturated carbocycles. The van der Waals surface area contributed by atoms with Gasteiger partial charge in [0.2, 0.25) is 30.1 Å². The molecule has 0 fully saturated rings. The fraction of sp³-hybridized carbons (Fsp3) is 0.286. The maximum Gasteiger partial charge on any atom is 0.276 e. The zero-order chi connectivity index (χ0) is 38.0. The van der Waals surface area contributed by atoms with Gasteiger partial charge >= 0.3 is 0 Å². The molecule has 18 heteroatoms. The minimum atomic E-state index is -0.624. The summed E-state index contributed by atoms with van der Waals surface area (Å²) in [5.74, 6) is -1.69. The number of hydrogen-bond acceptors (Lipinski definition) is 9. The minimum absolute atomic E-state index is 0.191. The molecule has 0 unspecified atom stereocenters. The Morgan fingerprint density at radius 1 is 0.698 bits per heavy atom. The number of aryl methyl sites for hydroxylation is 4. The number of carbonyl (C=O) groups excluding carboxylic acids is 5. The molecular formula is C35H39N13O5. The second-order valence-electron chi connectivity index (χ2n) is 12.3. The van der Waals surface area contributed by atoms with Crippen LogP contribution in [0.15, 0.2) is 48.5 Å². The predicted octanol–water partition coefficient (Wildman–Crippen LogP) is 2.30. The number of primary amides is 2. The van der Waals surface area contributed by atoms with Crippen LogP contribution >= 0.6 is 0 Å². The smallest absolute Gasteiger partial charge is 0.276 e. The summed E-state index contributed by atoms with van der Waals surface area (Å²) in [7, 11) is 0. The van der Waals surface area contributed by atoms with Gasteiger partial charge in [-0.3, -0.25) is 44.0 Å². The highest BCUT2D eigenvalue weighted by atomic mass is 16.2. The number of imidazole rings is 2. The topological polar surface area (TPSA) is 236 Å². The highest BCUT2D eigenvalue weighted by molar-refractivity contribution is 6.04. The van der Waals surface area contributed by atoms with Gasteiger partial charge in [0, 0.05) is 50.4 Å². The van der Waals surface area contributed by atoms with Crippen LogP contribution in [0.4, 0.5) is 11.9 Å². The zero-order valence-corrected chi connectivity index (χ0v) is 29.7. The van der Waals surface area contributed by atoms with Crippen molar-refractivity contribution in [1.82, 2.24) is 43.6 Å². The Labute approximate surface area is 302 Å². The van der Waals surface area contributed by atoms with Crippen molar-refractivity contribution in [3.8, 4) is 0 Å². The van der Waals surface area contributed by atoms with Gasteiger partial charge in [-0.25, -0.2) is 9.97 Å². The van der Waals surface area contributed by atoms with Crippen LogP contribution in [0.1, 0.15) is 66.9 Å². The molecule has 6 N–H and O–H groups in total. The Hall–Kier alpha value is -6.85. The molecule has 0 saturated heterocycles. The number of carbonyl (C=O) groups is 5. The summed E-state index contributed by atoms with van der Waals surface area (Å²) in [4.78, 5) is 73.8. The van der Waals surface area contributed by atoms with Crippen molar-refractivity contribution in [2.45, 2.75) is 53.9 Å². The monoisotopic (exact) mass is 721 g/mol. The first-order valence-corrected chi connectivity index (χ1v) is 16.9. The van der Waals surface area contributed by atoms with Crippen molar-refractivity contribution in [3.63, 3.8) is 0 Å². The van der Waals surface area contributed by atoms with Gasteiger partial charge in [-0.2, -0.15) is 10.2 Å². The Kier molecular flexibility index (Phi) is 10.0. The van der Waals surface area contributed by atoms with Crippen LogP contribution in [0.25, 0.3) is 22.1 Å². The van der Waals surface area contributed by atoms with Crippen LogP contribution in [0.5, 0.6) is 0 Å². The zero-order valence-electron chi connectivity index (χ0n) is 29.7. The second-order valence-corrected chi connectivity index (χ2v) is 12.3. The van der Waals surface area contributed by atoms with Crippen molar-refractivity contribution in [3.05, 3.63) is 82.4 Å². The highest BCUT2D eigenvalue weighted by Gasteiger charge is 2.22. The quantitative estimate of drug-likeness (QED) is 0.114. The van der Waals surface area contributed by atoms with Crippen molar-refractivity contribution in [2.24, 2.45) is 11.5 Å². The fourth-order valence-electron chi connectivity index (χ4n) is 6.15. The number of benzene rings is 2. The van der Waals surface area contributed by atoms with Crippen LogP contribution in [0, 0.1) is 13.8 Å². The van der Waals surface area contributed by atoms with Crippen LogP contribution in [-0.4, -0.2) is 86.7 Å². The summed E-state index contributed by atoms with van der Waals surface area (Å²) in [5, 5.41) is 14.4. The van der Waals surface area contributed by atoms with E-state index < -0.39 is 23.6 Å². The van der Waals surface area contributed by atoms with E-state index in [4.69, 9.17) is 11.5 Å². The number of nitrogens with one attached hydrogen (secondary N) is 2. The van der Waals surface area contributed by atoms with E-state index in [1.165, 1.54) is 4.90 Å². The molecule has 6 rings (SSSR count). The summed E-state index contributed by atoms with van der Waals surface area (Å²) in [6.07, 6.45) is 0.705. The van der Waals surface area contributed by atoms with E-state index in [0.717, 1.165) is 0 Å². The number of nitrogens with two attached hydrogens (primary N) is 2. The average Bonchev–Trinajstić information content (AvgIpc) is 3.89. The first-order valence-electron chi connectivity index (χ1n) is 16.9. The molecule has 0 atom stereocenters. The van der Waals surface area contributed by atoms with Crippen molar-refractivity contribution in [1.29, 1.82) is 0 Å². The van der Waals surface area contributed by atoms with Crippen LogP contribution < -0.4 is 22.1 Å². The van der Waals surface area contributed by atoms with Gasteiger partial charge in [0.05, 0.1) is 33.5 Å². The van der Waals surface area contributed by atoms with E-state index in [0.29, 0.717) is 64.3 Å². The Bertz CT molecular complexity index is 2240. The minimum Gasteiger partial charge on any atom is -0.366 e. The lowest BCUT2D eigenvalue weighted by atomic mass is 10.2. The third kappa shape index (κ3) is 7.32. The lowest BCUT2D eigenvalue weighted by Gasteiger charge is -2.20. The van der Waals surface area contributed by atoms with Gasteiger partial charge in [-0.05, 0) is 76.2 Å². The molecule has 18 nitrogen and oxygen atoms in total. The van der Waals surface area contributed by atoms with Crippen LogP contribution in [0.3, 0.4) is 0 Å². The van der Waals surface area contributed by atoms with Crippen LogP contribution in [0.2, 0.25) is 0 Å². The lowest BCUT2D eigenvalue weighted by molar-refractivity contribution is -0.118. The van der Waals surface area contributed by atoms with Gasteiger partial charge in [-0.1, -0.05) is 0 Å². The molecule has 0 aliphatic rings. The maximum absolute atomic E-state index is 13.4. The average molecular weight is 722 g/mol. The third-order valence-electron chi connectivity index (χ3n) is 8.76. The molecule has 0 spiro atoms. The number of hydrogen-bond donors (Lipinski definition) is 4. The molecule has 2 aromatic carbocycles. The number of amides is 5. The second kappa shape index (κ2) is 14.8. The molecule has 6 aromatic rings. The molecular weight excluding hydrogens is 682 g/mol. The number of nitrogens with zero attached hydrogens (tertiary/aromatic N) is 9. The van der Waals surface area contributed by atoms with Gasteiger partial charge in [0.25, 0.3) is 11.8 Å². The van der Waals surface area contributed by atoms with E-state index in [2.05, 4.69) is 30.8 Å². The molecule has 4 heterocycles. The third-order valence-corrected chi connectivity index (χ3v) is 8.76. The summed E-state index contributed by atoms with van der Waals surface area (Å²) in [6, 6.07) is 12.9. The van der Waals surface area contributed by atoms with Gasteiger partial charge in [-0.15, -0.1) is 0 Å². The number of rotatable bonds is 15. The summed E-state index contributed by atoms with van der Waals surface area (Å²) < 4.78 is 6.66. The summed E-state index contributed by atoms with van der Waals surface area (Å²) in [5.41, 5.74) is 15.7. The number of anilines is 2. The van der Waals surface area contributed by atoms with Crippen molar-refractivity contribution >= 4 is 64.0 Å². The van der Waals surface area contributed by atoms with Gasteiger partial charge in [0.15, 0.2) is 0 Å². The Balaban J connectivity index is 1.26. The Morgan fingerprint density at radius 3 is 1.47 bits per heavy atom. The van der Waals surface area contributed by atoms with E-state index in [-0.39, 0.29) is 49.2 Å². The van der Waals surface area contributed by atoms with Crippen molar-refractivity contribution in [2.75, 3.05) is 23.7 Å². The lowest BCUT2D eigenvalue weighted by Crippen LogP contribution is -2.30. The molecule has 53 heavy (non-hydrogen) atoms. The first kappa shape index (κ1) is 36.0. The first-order chi connectivity index (χ1) is 25.4. The number of fused-ring (bicyclic) bond motifs is 2. The molecule has 0 aliphatic heterocycles. The van der Waals surface area contributed by atoms with E-state index >= 15 is 0 Å². The Morgan fingerprint density at radius 2 is 1.11 bits per heavy atom. The molecule has 0 radical (unpaired) electrons. The molecule has 5 amide bonds. The predicted molar refractivity (Wildman–Crippen MR) is 195 cm³/mol. The SMILES string of the molecule is CCn1nc(C)cc1C(=O)Nc1nc2cc(C(N)=O)ccc2n1CCN(C=O)CCn1c(NC(=O)c2cc(C)nn2CC)nc2cc(C(N)=O)ccc21. The van der Waals surface area contributed by atoms with Gasteiger partial charge < -0.3 is 25.5 Å². The van der Waals surface area contributed by atoms with E-state index in [1.807, 2.05) is 13.8 Å². The molecule has 274 valence electrons. The van der Waals surface area contributed by atoms with Crippen LogP contribution in [-0.2, 0) is 31.0 Å². The van der Waals surface area contributed by atoms with Crippen molar-refractivity contribution < 1.29 is 24.0 Å². The standard InChI is InChI=1S/C35H39N13O5/c1-5-47-28(15-20(3)42-47)32(52)40-34-38-24-17-22(30(36)50)7-9-26(24)45(34)13-11-44(19-49)12-14-46-27-10-8-23(31(37)51)18-25(27)39-35(46)41-33(53)29-16-21(4)43-48(29)6-2/h7-10,15-19H,5-6,11-14H2,1-4H3,(H2,36,50)(H2,37,51)(H,38,40,52)(H,39,41,53). The number of aromatic nitrogens is 8. The van der Waals surface area contributed by atoms with Gasteiger partial charge in [0.1, 0.15) is 11.4 Å². The summed E-state index contributed by atoms with van der Waals surface area (Å²) in [6.45, 7) is 9.11. The maximum atomic E-state index is 13.4. The molecule has 0 aliphatic carbocycles. The fourth-order valence-corrected chi connectivity index (χ4v) is 6.15. The van der Waals surface area contributed by atoms with E-state index in [9.17, 15) is 24.0 Å². The van der Waals surface area contributed by atoms with E-state index in [1.54, 1.807) is 80.9 Å².